The summed E-state index contributed by atoms with van der Waals surface area (Å²) in [5.74, 6) is -0.831. The van der Waals surface area contributed by atoms with Crippen LogP contribution in [-0.2, 0) is 16.0 Å². The topological polar surface area (TPSA) is 71.5 Å². The highest BCUT2D eigenvalue weighted by atomic mass is 32.1. The maximum absolute atomic E-state index is 12.5. The predicted octanol–water partition coefficient (Wildman–Crippen LogP) is 2.88. The van der Waals surface area contributed by atoms with E-state index in [-0.39, 0.29) is 24.2 Å². The Balaban J connectivity index is 1.60. The molecular weight excluding hydrogens is 338 g/mol. The molecule has 6 nitrogen and oxygen atoms in total. The second-order valence-electron chi connectivity index (χ2n) is 5.73. The summed E-state index contributed by atoms with van der Waals surface area (Å²) in [4.78, 5) is 30.4. The summed E-state index contributed by atoms with van der Waals surface area (Å²) in [7, 11) is 0. The first-order chi connectivity index (χ1) is 12.1. The lowest BCUT2D eigenvalue weighted by atomic mass is 10.1. The summed E-state index contributed by atoms with van der Waals surface area (Å²) in [6, 6.07) is 7.84. The largest absolute Gasteiger partial charge is 0.451 e. The summed E-state index contributed by atoms with van der Waals surface area (Å²) < 4.78 is 5.15. The molecule has 0 spiro atoms. The molecule has 1 N–H and O–H groups in total. The third kappa shape index (κ3) is 3.71. The molecule has 1 aliphatic heterocycles. The van der Waals surface area contributed by atoms with Gasteiger partial charge in [0.1, 0.15) is 0 Å². The molecule has 1 aliphatic rings. The van der Waals surface area contributed by atoms with E-state index >= 15 is 0 Å². The number of fused-ring (bicyclic) bond motifs is 1. The Bertz CT molecular complexity index is 802. The second kappa shape index (κ2) is 7.48. The molecule has 1 atom stereocenters. The second-order valence-corrected chi connectivity index (χ2v) is 6.59. The molecule has 1 aromatic heterocycles. The molecular formula is C18H19N3O3S. The number of nitrogens with one attached hydrogen (secondary N) is 1. The van der Waals surface area contributed by atoms with Gasteiger partial charge in [0, 0.05) is 23.7 Å². The molecule has 0 radical (unpaired) electrons. The molecule has 0 saturated heterocycles. The van der Waals surface area contributed by atoms with Gasteiger partial charge in [0.15, 0.2) is 17.4 Å². The molecule has 130 valence electrons. The van der Waals surface area contributed by atoms with Gasteiger partial charge >= 0.3 is 5.97 Å². The van der Waals surface area contributed by atoms with Crippen molar-refractivity contribution in [2.24, 2.45) is 0 Å². The van der Waals surface area contributed by atoms with E-state index in [4.69, 9.17) is 4.74 Å². The third-order valence-corrected chi connectivity index (χ3v) is 4.71. The fourth-order valence-electron chi connectivity index (χ4n) is 2.82. The number of thiazole rings is 1. The van der Waals surface area contributed by atoms with E-state index in [1.807, 2.05) is 31.2 Å². The number of hydrogen-bond acceptors (Lipinski definition) is 6. The lowest BCUT2D eigenvalue weighted by Gasteiger charge is -2.22. The molecule has 3 rings (SSSR count). The van der Waals surface area contributed by atoms with Crippen molar-refractivity contribution < 1.29 is 14.3 Å². The van der Waals surface area contributed by atoms with Crippen molar-refractivity contribution >= 4 is 34.0 Å². The van der Waals surface area contributed by atoms with E-state index in [0.717, 1.165) is 17.7 Å². The zero-order valence-corrected chi connectivity index (χ0v) is 14.7. The maximum atomic E-state index is 12.5. The molecule has 7 heteroatoms. The van der Waals surface area contributed by atoms with Gasteiger partial charge in [-0.1, -0.05) is 24.3 Å². The number of rotatable bonds is 6. The highest BCUT2D eigenvalue weighted by Gasteiger charge is 2.31. The molecule has 25 heavy (non-hydrogen) atoms. The van der Waals surface area contributed by atoms with Gasteiger partial charge in [-0.2, -0.15) is 0 Å². The molecule has 2 aromatic rings. The number of esters is 1. The standard InChI is InChI=1S/C18H19N3O3S/c1-3-8-19-18-20-14(11-25-18)17(23)24-10-16(22)21-12(2)9-13-6-4-5-7-15(13)21/h3-7,11-12H,1,8-10H2,2H3,(H,19,20). The first kappa shape index (κ1) is 17.2. The van der Waals surface area contributed by atoms with Gasteiger partial charge in [-0.05, 0) is 25.0 Å². The number of benzene rings is 1. The molecule has 0 aliphatic carbocycles. The average Bonchev–Trinajstić information content (AvgIpc) is 3.21. The van der Waals surface area contributed by atoms with Gasteiger partial charge < -0.3 is 15.0 Å². The van der Waals surface area contributed by atoms with Crippen molar-refractivity contribution in [3.8, 4) is 0 Å². The smallest absolute Gasteiger partial charge is 0.358 e. The monoisotopic (exact) mass is 357 g/mol. The number of ether oxygens (including phenoxy) is 1. The van der Waals surface area contributed by atoms with E-state index in [1.54, 1.807) is 16.4 Å². The SMILES string of the molecule is C=CCNc1nc(C(=O)OCC(=O)N2c3ccccc3CC2C)cs1. The Morgan fingerprint density at radius 1 is 1.48 bits per heavy atom. The van der Waals surface area contributed by atoms with Gasteiger partial charge in [0.2, 0.25) is 0 Å². The number of para-hydroxylation sites is 1. The Kier molecular flexibility index (Phi) is 5.14. The van der Waals surface area contributed by atoms with Crippen molar-refractivity contribution in [3.63, 3.8) is 0 Å². The Morgan fingerprint density at radius 3 is 3.08 bits per heavy atom. The minimum atomic E-state index is -0.601. The van der Waals surface area contributed by atoms with E-state index in [9.17, 15) is 9.59 Å². The fourth-order valence-corrected chi connectivity index (χ4v) is 3.51. The maximum Gasteiger partial charge on any atom is 0.358 e. The van der Waals surface area contributed by atoms with Crippen LogP contribution in [0.25, 0.3) is 0 Å². The lowest BCUT2D eigenvalue weighted by molar-refractivity contribution is -0.122. The minimum absolute atomic E-state index is 0.0533. The van der Waals surface area contributed by atoms with E-state index in [0.29, 0.717) is 11.7 Å². The first-order valence-corrected chi connectivity index (χ1v) is 8.85. The number of hydrogen-bond donors (Lipinski definition) is 1. The highest BCUT2D eigenvalue weighted by Crippen LogP contribution is 2.31. The van der Waals surface area contributed by atoms with Crippen LogP contribution < -0.4 is 10.2 Å². The Hall–Kier alpha value is -2.67. The Morgan fingerprint density at radius 2 is 2.28 bits per heavy atom. The molecule has 1 aromatic carbocycles. The number of carbonyl (C=O) groups is 2. The number of aromatic nitrogens is 1. The van der Waals surface area contributed by atoms with Crippen molar-refractivity contribution in [1.82, 2.24) is 4.98 Å². The van der Waals surface area contributed by atoms with Crippen LogP contribution in [0.1, 0.15) is 23.0 Å². The van der Waals surface area contributed by atoms with Gasteiger partial charge in [-0.15, -0.1) is 17.9 Å². The summed E-state index contributed by atoms with van der Waals surface area (Å²) in [6.07, 6.45) is 2.51. The van der Waals surface area contributed by atoms with Crippen LogP contribution in [0.2, 0.25) is 0 Å². The van der Waals surface area contributed by atoms with Crippen LogP contribution in [0, 0.1) is 0 Å². The number of amides is 1. The molecule has 1 unspecified atom stereocenters. The number of nitrogens with zero attached hydrogens (tertiary/aromatic N) is 2. The van der Waals surface area contributed by atoms with Crippen LogP contribution in [-0.4, -0.2) is 36.1 Å². The van der Waals surface area contributed by atoms with Crippen molar-refractivity contribution in [3.05, 3.63) is 53.6 Å². The lowest BCUT2D eigenvalue weighted by Crippen LogP contribution is -2.38. The van der Waals surface area contributed by atoms with Crippen molar-refractivity contribution in [1.29, 1.82) is 0 Å². The zero-order valence-electron chi connectivity index (χ0n) is 13.9. The third-order valence-electron chi connectivity index (χ3n) is 3.91. The van der Waals surface area contributed by atoms with Crippen molar-refractivity contribution in [2.75, 3.05) is 23.4 Å². The average molecular weight is 357 g/mol. The number of anilines is 2. The molecule has 0 saturated carbocycles. The van der Waals surface area contributed by atoms with Crippen LogP contribution in [0.3, 0.4) is 0 Å². The van der Waals surface area contributed by atoms with Gasteiger partial charge in [0.05, 0.1) is 0 Å². The van der Waals surface area contributed by atoms with Crippen LogP contribution in [0.5, 0.6) is 0 Å². The summed E-state index contributed by atoms with van der Waals surface area (Å²) in [5.41, 5.74) is 2.21. The molecule has 0 fully saturated rings. The summed E-state index contributed by atoms with van der Waals surface area (Å²) >= 11 is 1.30. The van der Waals surface area contributed by atoms with Gasteiger partial charge in [-0.3, -0.25) is 4.79 Å². The first-order valence-electron chi connectivity index (χ1n) is 7.97. The van der Waals surface area contributed by atoms with E-state index < -0.39 is 5.97 Å². The van der Waals surface area contributed by atoms with Crippen LogP contribution in [0.4, 0.5) is 10.8 Å². The van der Waals surface area contributed by atoms with Crippen molar-refractivity contribution in [2.45, 2.75) is 19.4 Å². The van der Waals surface area contributed by atoms with Gasteiger partial charge in [0.25, 0.3) is 5.91 Å². The van der Waals surface area contributed by atoms with E-state index in [1.165, 1.54) is 11.3 Å². The summed E-state index contributed by atoms with van der Waals surface area (Å²) in [5, 5.41) is 5.22. The van der Waals surface area contributed by atoms with Crippen LogP contribution in [0.15, 0.2) is 42.3 Å². The zero-order chi connectivity index (χ0) is 17.8. The normalized spacial score (nSPS) is 15.6. The van der Waals surface area contributed by atoms with E-state index in [2.05, 4.69) is 16.9 Å². The molecule has 1 amide bonds. The molecule has 2 heterocycles. The quantitative estimate of drug-likeness (QED) is 0.636. The Labute approximate surface area is 150 Å². The number of carbonyl (C=O) groups excluding carboxylic acids is 2. The van der Waals surface area contributed by atoms with Gasteiger partial charge in [-0.25, -0.2) is 9.78 Å². The fraction of sp³-hybridized carbons (Fsp3) is 0.278. The summed E-state index contributed by atoms with van der Waals surface area (Å²) in [6.45, 7) is 5.85. The minimum Gasteiger partial charge on any atom is -0.451 e. The van der Waals surface area contributed by atoms with Crippen LogP contribution >= 0.6 is 11.3 Å². The predicted molar refractivity (Wildman–Crippen MR) is 98.2 cm³/mol. The molecule has 0 bridgehead atoms. The highest BCUT2D eigenvalue weighted by molar-refractivity contribution is 7.13.